The van der Waals surface area contributed by atoms with Crippen LogP contribution in [0.25, 0.3) is 0 Å². The van der Waals surface area contributed by atoms with Crippen molar-refractivity contribution in [2.75, 3.05) is 27.2 Å². The predicted molar refractivity (Wildman–Crippen MR) is 217 cm³/mol. The lowest BCUT2D eigenvalue weighted by Gasteiger charge is -2.72. The molecule has 4 fully saturated rings. The molecule has 2 N–H and O–H groups in total. The SMILES string of the molecule is CC(C)C1=C2[C@H]3CCC4[C@@]5(C)CC[C@H](OC(=O)CC(C)(C)C(=O)O)C(C)(C)[C@@H]5CC[C@@]4(C)[C@]3(C)CC[C@@]2([C@@H](O)CN(Cc2ncccn2)C(=O)CN(C)C)CC1=O. The summed E-state index contributed by atoms with van der Waals surface area (Å²) >= 11 is 0. The Labute approximate surface area is 340 Å². The van der Waals surface area contributed by atoms with Gasteiger partial charge in [0, 0.05) is 36.2 Å². The number of hydrogen-bond donors (Lipinski definition) is 2. The number of carbonyl (C=O) groups is 4. The standard InChI is InChI=1S/C46H70N4O7/c1-28(2)38-30(51)23-46(33(52)25-50(36(53)27-49(10)11)26-35-47-21-12-22-48-35)20-19-44(8)29(39(38)46)13-14-32-43(7)17-16-34(57-37(54)24-41(3,4)40(55)56)42(5,6)31(43)15-18-45(32,44)9/h12,21-22,28-29,31-34,52H,13-20,23-27H2,1-11H3,(H,55,56)/t29-,31+,32?,33+,34+,43+,44-,45-,46+/m1/s1. The van der Waals surface area contributed by atoms with Gasteiger partial charge in [-0.1, -0.05) is 54.0 Å². The van der Waals surface area contributed by atoms with Crippen LogP contribution in [0.1, 0.15) is 132 Å². The van der Waals surface area contributed by atoms with Crippen LogP contribution in [0.2, 0.25) is 0 Å². The highest BCUT2D eigenvalue weighted by atomic mass is 16.5. The number of carboxylic acids is 1. The highest BCUT2D eigenvalue weighted by Crippen LogP contribution is 2.77. The first kappa shape index (κ1) is 43.4. The fourth-order valence-electron chi connectivity index (χ4n) is 13.5. The van der Waals surface area contributed by atoms with Crippen molar-refractivity contribution in [2.45, 2.75) is 145 Å². The number of allylic oxidation sites excluding steroid dienone is 1. The number of Topliss-reactive ketones (excluding diaryl/α,β-unsaturated/α-hetero) is 1. The van der Waals surface area contributed by atoms with E-state index >= 15 is 0 Å². The summed E-state index contributed by atoms with van der Waals surface area (Å²) in [6, 6.07) is 1.75. The van der Waals surface area contributed by atoms with E-state index in [-0.39, 0.29) is 83.8 Å². The predicted octanol–water partition coefficient (Wildman–Crippen LogP) is 7.12. The lowest BCUT2D eigenvalue weighted by Crippen LogP contribution is -2.66. The molecule has 0 aromatic carbocycles. The van der Waals surface area contributed by atoms with E-state index in [1.165, 1.54) is 5.57 Å². The van der Waals surface area contributed by atoms with Crippen LogP contribution in [0.15, 0.2) is 29.6 Å². The van der Waals surface area contributed by atoms with E-state index in [1.54, 1.807) is 37.2 Å². The number of aliphatic hydroxyl groups excluding tert-OH is 1. The molecule has 5 aliphatic rings. The average molecular weight is 791 g/mol. The maximum atomic E-state index is 14.3. The lowest BCUT2D eigenvalue weighted by atomic mass is 9.33. The number of rotatable bonds is 12. The number of carbonyl (C=O) groups excluding carboxylic acids is 3. The molecule has 0 saturated heterocycles. The fourth-order valence-corrected chi connectivity index (χ4v) is 13.5. The number of hydrogen-bond acceptors (Lipinski definition) is 9. The minimum atomic E-state index is -1.19. The Morgan fingerprint density at radius 1 is 0.930 bits per heavy atom. The molecule has 11 nitrogen and oxygen atoms in total. The third-order valence-corrected chi connectivity index (χ3v) is 16.6. The third-order valence-electron chi connectivity index (χ3n) is 16.6. The molecule has 4 saturated carbocycles. The molecule has 6 rings (SSSR count). The number of likely N-dealkylation sites (N-methyl/N-ethyl adjacent to an activating group) is 1. The van der Waals surface area contributed by atoms with Crippen LogP contribution in [0.4, 0.5) is 0 Å². The molecule has 0 bridgehead atoms. The third kappa shape index (κ3) is 7.18. The van der Waals surface area contributed by atoms with Crippen molar-refractivity contribution < 1.29 is 34.1 Å². The molecule has 1 aromatic heterocycles. The van der Waals surface area contributed by atoms with Crippen molar-refractivity contribution in [3.05, 3.63) is 35.4 Å². The Kier molecular flexibility index (Phi) is 11.5. The van der Waals surface area contributed by atoms with E-state index in [4.69, 9.17) is 4.74 Å². The quantitative estimate of drug-likeness (QED) is 0.210. The van der Waals surface area contributed by atoms with Gasteiger partial charge in [0.1, 0.15) is 11.9 Å². The van der Waals surface area contributed by atoms with Gasteiger partial charge in [-0.2, -0.15) is 0 Å². The number of aliphatic carboxylic acids is 1. The summed E-state index contributed by atoms with van der Waals surface area (Å²) in [6.45, 7) is 19.8. The Balaban J connectivity index is 1.30. The minimum absolute atomic E-state index is 0.00926. The molecule has 0 spiro atoms. The van der Waals surface area contributed by atoms with Crippen molar-refractivity contribution in [1.29, 1.82) is 0 Å². The van der Waals surface area contributed by atoms with Crippen LogP contribution in [-0.2, 0) is 30.5 Å². The summed E-state index contributed by atoms with van der Waals surface area (Å²) in [5.74, 6) is 0.00282. The molecule has 5 aliphatic carbocycles. The summed E-state index contributed by atoms with van der Waals surface area (Å²) in [5.41, 5.74) is -0.260. The number of ketones is 1. The molecule has 57 heavy (non-hydrogen) atoms. The molecule has 316 valence electrons. The molecular formula is C46H70N4O7. The number of esters is 1. The number of ether oxygens (including phenoxy) is 1. The molecule has 1 heterocycles. The van der Waals surface area contributed by atoms with Gasteiger partial charge in [0.25, 0.3) is 0 Å². The number of aromatic nitrogens is 2. The van der Waals surface area contributed by atoms with E-state index in [1.807, 2.05) is 19.0 Å². The van der Waals surface area contributed by atoms with Crippen molar-refractivity contribution in [1.82, 2.24) is 19.8 Å². The van der Waals surface area contributed by atoms with E-state index in [0.717, 1.165) is 50.5 Å². The van der Waals surface area contributed by atoms with Gasteiger partial charge in [-0.05, 0) is 131 Å². The first-order chi connectivity index (χ1) is 26.4. The van der Waals surface area contributed by atoms with Crippen LogP contribution in [0.3, 0.4) is 0 Å². The monoisotopic (exact) mass is 791 g/mol. The largest absolute Gasteiger partial charge is 0.481 e. The molecule has 0 radical (unpaired) electrons. The van der Waals surface area contributed by atoms with Crippen molar-refractivity contribution in [2.24, 2.45) is 56.2 Å². The van der Waals surface area contributed by atoms with E-state index in [2.05, 4.69) is 58.4 Å². The Hall–Kier alpha value is -3.18. The minimum Gasteiger partial charge on any atom is -0.481 e. The van der Waals surface area contributed by atoms with Crippen LogP contribution in [0, 0.1) is 56.2 Å². The van der Waals surface area contributed by atoms with Gasteiger partial charge in [-0.3, -0.25) is 19.2 Å². The normalized spacial score (nSPS) is 35.2. The zero-order valence-electron chi connectivity index (χ0n) is 36.6. The zero-order chi connectivity index (χ0) is 42.1. The number of aliphatic hydroxyl groups is 1. The van der Waals surface area contributed by atoms with Gasteiger partial charge in [0.15, 0.2) is 5.78 Å². The molecule has 9 atom stereocenters. The Morgan fingerprint density at radius 3 is 2.21 bits per heavy atom. The van der Waals surface area contributed by atoms with Gasteiger partial charge in [0.05, 0.1) is 31.0 Å². The second kappa shape index (κ2) is 15.1. The topological polar surface area (TPSA) is 150 Å². The lowest BCUT2D eigenvalue weighted by molar-refractivity contribution is -0.235. The molecule has 1 amide bonds. The van der Waals surface area contributed by atoms with Gasteiger partial charge in [-0.15, -0.1) is 0 Å². The first-order valence-corrected chi connectivity index (χ1v) is 21.5. The van der Waals surface area contributed by atoms with Gasteiger partial charge < -0.3 is 24.7 Å². The van der Waals surface area contributed by atoms with Gasteiger partial charge in [0.2, 0.25) is 5.91 Å². The number of carboxylic acid groups (broad SMARTS) is 1. The van der Waals surface area contributed by atoms with Gasteiger partial charge >= 0.3 is 11.9 Å². The average Bonchev–Trinajstić information content (AvgIpc) is 3.42. The maximum Gasteiger partial charge on any atom is 0.309 e. The molecule has 11 heteroatoms. The van der Waals surface area contributed by atoms with E-state index < -0.39 is 28.9 Å². The van der Waals surface area contributed by atoms with E-state index in [0.29, 0.717) is 24.1 Å². The second-order valence-corrected chi connectivity index (χ2v) is 21.2. The molecule has 1 aromatic rings. The van der Waals surface area contributed by atoms with Crippen LogP contribution in [-0.4, -0.2) is 93.0 Å². The van der Waals surface area contributed by atoms with Crippen molar-refractivity contribution in [3.63, 3.8) is 0 Å². The van der Waals surface area contributed by atoms with Gasteiger partial charge in [-0.25, -0.2) is 9.97 Å². The van der Waals surface area contributed by atoms with Crippen molar-refractivity contribution >= 4 is 23.6 Å². The summed E-state index contributed by atoms with van der Waals surface area (Å²) < 4.78 is 6.17. The van der Waals surface area contributed by atoms with Crippen LogP contribution < -0.4 is 0 Å². The summed E-state index contributed by atoms with van der Waals surface area (Å²) in [5, 5.41) is 22.2. The second-order valence-electron chi connectivity index (χ2n) is 21.2. The molecule has 0 aliphatic heterocycles. The number of fused-ring (bicyclic) bond motifs is 7. The number of nitrogens with zero attached hydrogens (tertiary/aromatic N) is 4. The molecule has 1 unspecified atom stereocenters. The van der Waals surface area contributed by atoms with Crippen LogP contribution >= 0.6 is 0 Å². The molecular weight excluding hydrogens is 721 g/mol. The Morgan fingerprint density at radius 2 is 1.60 bits per heavy atom. The first-order valence-electron chi connectivity index (χ1n) is 21.5. The summed E-state index contributed by atoms with van der Waals surface area (Å²) in [7, 11) is 3.71. The smallest absolute Gasteiger partial charge is 0.309 e. The zero-order valence-corrected chi connectivity index (χ0v) is 36.6. The summed E-state index contributed by atoms with van der Waals surface area (Å²) in [6.07, 6.45) is 9.49. The highest BCUT2D eigenvalue weighted by Gasteiger charge is 2.71. The summed E-state index contributed by atoms with van der Waals surface area (Å²) in [4.78, 5) is 65.2. The Bertz CT molecular complexity index is 1770. The number of amides is 1. The maximum absolute atomic E-state index is 14.3. The van der Waals surface area contributed by atoms with Crippen molar-refractivity contribution in [3.8, 4) is 0 Å². The fraction of sp³-hybridized carbons (Fsp3) is 0.783. The van der Waals surface area contributed by atoms with Crippen LogP contribution in [0.5, 0.6) is 0 Å². The highest BCUT2D eigenvalue weighted by molar-refractivity contribution is 6.00. The van der Waals surface area contributed by atoms with E-state index in [9.17, 15) is 29.4 Å².